The predicted octanol–water partition coefficient (Wildman–Crippen LogP) is 20.3. The maximum Gasteiger partial charge on any atom is 0.119 e. The number of methoxy groups -OCH3 is 2. The Morgan fingerprint density at radius 1 is 0.218 bits per heavy atom. The SMILES string of the molecule is COc1ccc(N(c2ccc(C)cc2)c2cc(N(c3ccc(C)cc3)c3ccc(C)cc3)c3ccc4c(N(c5ccc(C)cc5)c5ccc(OC)cc5)cc(N(c5ccc(C)cc5)c5ccc(C)cc5)c5ccc2c3c54)cc1. The molecular weight excluding hydrogens is 953 g/mol. The number of hydrogen-bond donors (Lipinski definition) is 0. The van der Waals surface area contributed by atoms with E-state index in [9.17, 15) is 0 Å². The van der Waals surface area contributed by atoms with Gasteiger partial charge in [0.15, 0.2) is 0 Å². The highest BCUT2D eigenvalue weighted by atomic mass is 16.5. The van der Waals surface area contributed by atoms with Crippen LogP contribution in [0.25, 0.3) is 32.3 Å². The zero-order valence-corrected chi connectivity index (χ0v) is 45.5. The molecule has 0 saturated heterocycles. The molecular formula is C72H62N4O2. The van der Waals surface area contributed by atoms with Crippen LogP contribution in [0.2, 0.25) is 0 Å². The number of anilines is 12. The fraction of sp³-hybridized carbons (Fsp3) is 0.111. The summed E-state index contributed by atoms with van der Waals surface area (Å²) in [5.74, 6) is 1.59. The Kier molecular flexibility index (Phi) is 13.0. The Bertz CT molecular complexity index is 3700. The van der Waals surface area contributed by atoms with Gasteiger partial charge in [0.2, 0.25) is 0 Å². The maximum absolute atomic E-state index is 5.77. The standard InChI is InChI=1S/C72H62N4O2/c1-47-9-21-53(22-10-47)73(54-23-11-48(2)12-24-54)67-45-69(75(57-29-17-51(5)18-30-57)59-33-37-61(77-7)38-34-59)65-44-42-64-68(74(55-25-13-49(3)14-26-55)56-27-15-50(4)16-28-56)46-70(66-43-41-63(67)71(65)72(64)66)76(58-31-19-52(6)20-32-58)60-35-39-62(78-8)40-36-60/h9-46H,1-8H3. The number of ether oxygens (including phenoxy) is 2. The quantitative estimate of drug-likeness (QED) is 0.101. The molecule has 12 rings (SSSR count). The molecule has 0 fully saturated rings. The van der Waals surface area contributed by atoms with Gasteiger partial charge in [-0.25, -0.2) is 0 Å². The lowest BCUT2D eigenvalue weighted by Crippen LogP contribution is -2.16. The summed E-state index contributed by atoms with van der Waals surface area (Å²) >= 11 is 0. The highest BCUT2D eigenvalue weighted by molar-refractivity contribution is 6.33. The minimum absolute atomic E-state index is 0.797. The zero-order valence-electron chi connectivity index (χ0n) is 45.5. The molecule has 0 aromatic heterocycles. The highest BCUT2D eigenvalue weighted by Gasteiger charge is 2.29. The van der Waals surface area contributed by atoms with Crippen LogP contribution in [0.3, 0.4) is 0 Å². The topological polar surface area (TPSA) is 31.4 Å². The van der Waals surface area contributed by atoms with Gasteiger partial charge in [-0.1, -0.05) is 130 Å². The number of nitrogens with zero attached hydrogens (tertiary/aromatic N) is 4. The second-order valence-electron chi connectivity index (χ2n) is 20.7. The summed E-state index contributed by atoms with van der Waals surface area (Å²) in [5.41, 5.74) is 19.7. The monoisotopic (exact) mass is 1010 g/mol. The van der Waals surface area contributed by atoms with Crippen LogP contribution in [-0.2, 0) is 0 Å². The van der Waals surface area contributed by atoms with Crippen LogP contribution in [0.1, 0.15) is 33.4 Å². The molecule has 6 heteroatoms. The van der Waals surface area contributed by atoms with Gasteiger partial charge < -0.3 is 29.1 Å². The van der Waals surface area contributed by atoms with E-state index in [0.29, 0.717) is 0 Å². The van der Waals surface area contributed by atoms with Crippen molar-refractivity contribution in [2.24, 2.45) is 0 Å². The summed E-state index contributed by atoms with van der Waals surface area (Å²) in [5, 5.41) is 6.78. The van der Waals surface area contributed by atoms with E-state index in [-0.39, 0.29) is 0 Å². The minimum Gasteiger partial charge on any atom is -0.497 e. The summed E-state index contributed by atoms with van der Waals surface area (Å²) in [6.07, 6.45) is 0. The number of benzene rings is 12. The smallest absolute Gasteiger partial charge is 0.119 e. The predicted molar refractivity (Wildman–Crippen MR) is 330 cm³/mol. The average Bonchev–Trinajstić information content (AvgIpc) is 3.37. The fourth-order valence-corrected chi connectivity index (χ4v) is 11.0. The molecule has 0 unspecified atom stereocenters. The number of rotatable bonds is 14. The largest absolute Gasteiger partial charge is 0.497 e. The van der Waals surface area contributed by atoms with Gasteiger partial charge in [-0.15, -0.1) is 0 Å². The third kappa shape index (κ3) is 9.15. The number of hydrogen-bond acceptors (Lipinski definition) is 6. The summed E-state index contributed by atoms with van der Waals surface area (Å²) < 4.78 is 11.5. The molecule has 0 aliphatic carbocycles. The summed E-state index contributed by atoms with van der Waals surface area (Å²) in [4.78, 5) is 9.72. The van der Waals surface area contributed by atoms with Crippen molar-refractivity contribution >= 4 is 101 Å². The van der Waals surface area contributed by atoms with Crippen molar-refractivity contribution in [2.45, 2.75) is 41.5 Å². The minimum atomic E-state index is 0.797. The molecule has 0 heterocycles. The maximum atomic E-state index is 5.77. The van der Waals surface area contributed by atoms with Crippen molar-refractivity contribution in [1.82, 2.24) is 0 Å². The van der Waals surface area contributed by atoms with Gasteiger partial charge in [0.25, 0.3) is 0 Å². The van der Waals surface area contributed by atoms with Crippen molar-refractivity contribution in [3.05, 3.63) is 264 Å². The first-order valence-corrected chi connectivity index (χ1v) is 26.7. The Hall–Kier alpha value is -9.52. The van der Waals surface area contributed by atoms with Crippen molar-refractivity contribution < 1.29 is 9.47 Å². The van der Waals surface area contributed by atoms with Crippen LogP contribution in [0.5, 0.6) is 11.5 Å². The Balaban J connectivity index is 1.28. The first-order valence-electron chi connectivity index (χ1n) is 26.7. The highest BCUT2D eigenvalue weighted by Crippen LogP contribution is 2.55. The Labute approximate surface area is 458 Å². The first-order chi connectivity index (χ1) is 38.0. The molecule has 0 atom stereocenters. The van der Waals surface area contributed by atoms with Crippen molar-refractivity contribution in [1.29, 1.82) is 0 Å². The molecule has 0 aliphatic rings. The van der Waals surface area contributed by atoms with Crippen molar-refractivity contribution in [3.63, 3.8) is 0 Å². The summed E-state index contributed by atoms with van der Waals surface area (Å²) in [6, 6.07) is 84.6. The molecule has 12 aromatic carbocycles. The molecule has 0 aliphatic heterocycles. The van der Waals surface area contributed by atoms with E-state index in [1.165, 1.54) is 33.4 Å². The van der Waals surface area contributed by atoms with E-state index >= 15 is 0 Å². The molecule has 382 valence electrons. The molecule has 0 spiro atoms. The summed E-state index contributed by atoms with van der Waals surface area (Å²) in [7, 11) is 3.45. The molecule has 0 bridgehead atoms. The zero-order chi connectivity index (χ0) is 53.6. The Morgan fingerprint density at radius 3 is 0.551 bits per heavy atom. The number of aryl methyl sites for hydroxylation is 6. The molecule has 0 amide bonds. The van der Waals surface area contributed by atoms with Crippen LogP contribution < -0.4 is 29.1 Å². The lowest BCUT2D eigenvalue weighted by molar-refractivity contribution is 0.414. The van der Waals surface area contributed by atoms with Gasteiger partial charge in [-0.3, -0.25) is 0 Å². The normalized spacial score (nSPS) is 11.3. The van der Waals surface area contributed by atoms with Gasteiger partial charge >= 0.3 is 0 Å². The Morgan fingerprint density at radius 2 is 0.385 bits per heavy atom. The van der Waals surface area contributed by atoms with Crippen LogP contribution in [-0.4, -0.2) is 14.2 Å². The van der Waals surface area contributed by atoms with Crippen molar-refractivity contribution in [3.8, 4) is 11.5 Å². The van der Waals surface area contributed by atoms with E-state index in [2.05, 4.69) is 292 Å². The van der Waals surface area contributed by atoms with Gasteiger partial charge in [0.05, 0.1) is 37.0 Å². The third-order valence-electron chi connectivity index (χ3n) is 15.2. The average molecular weight is 1020 g/mol. The molecule has 0 radical (unpaired) electrons. The molecule has 12 aromatic rings. The van der Waals surface area contributed by atoms with E-state index in [0.717, 1.165) is 112 Å². The second-order valence-corrected chi connectivity index (χ2v) is 20.7. The molecule has 0 N–H and O–H groups in total. The van der Waals surface area contributed by atoms with Crippen LogP contribution in [0.4, 0.5) is 68.2 Å². The van der Waals surface area contributed by atoms with E-state index in [1.807, 2.05) is 0 Å². The van der Waals surface area contributed by atoms with E-state index in [1.54, 1.807) is 14.2 Å². The van der Waals surface area contributed by atoms with Crippen molar-refractivity contribution in [2.75, 3.05) is 33.8 Å². The summed E-state index contributed by atoms with van der Waals surface area (Å²) in [6.45, 7) is 12.9. The van der Waals surface area contributed by atoms with Gasteiger partial charge in [-0.2, -0.15) is 0 Å². The van der Waals surface area contributed by atoms with E-state index < -0.39 is 0 Å². The van der Waals surface area contributed by atoms with Gasteiger partial charge in [-0.05, 0) is 175 Å². The van der Waals surface area contributed by atoms with Gasteiger partial charge in [0.1, 0.15) is 11.5 Å². The first kappa shape index (κ1) is 49.4. The van der Waals surface area contributed by atoms with Crippen LogP contribution >= 0.6 is 0 Å². The lowest BCUT2D eigenvalue weighted by atomic mass is 9.89. The molecule has 78 heavy (non-hydrogen) atoms. The lowest BCUT2D eigenvalue weighted by Gasteiger charge is -2.34. The van der Waals surface area contributed by atoms with Gasteiger partial charge in [0, 0.05) is 77.8 Å². The van der Waals surface area contributed by atoms with Crippen LogP contribution in [0, 0.1) is 41.5 Å². The van der Waals surface area contributed by atoms with E-state index in [4.69, 9.17) is 9.47 Å². The third-order valence-corrected chi connectivity index (χ3v) is 15.2. The molecule has 0 saturated carbocycles. The second kappa shape index (κ2) is 20.5. The molecule has 6 nitrogen and oxygen atoms in total. The fourth-order valence-electron chi connectivity index (χ4n) is 11.0. The van der Waals surface area contributed by atoms with Crippen LogP contribution in [0.15, 0.2) is 231 Å².